The van der Waals surface area contributed by atoms with Gasteiger partial charge in [0.25, 0.3) is 27.8 Å². The first-order valence-electron chi connectivity index (χ1n) is 41.9. The van der Waals surface area contributed by atoms with E-state index in [0.29, 0.717) is 74.5 Å². The molecule has 10 unspecified atom stereocenters. The molecular weight excluding hydrogens is 1620 g/mol. The topological polar surface area (TPSA) is 426 Å². The average Bonchev–Trinajstić information content (AvgIpc) is 0.960. The van der Waals surface area contributed by atoms with E-state index in [1.165, 1.54) is 120 Å². The van der Waals surface area contributed by atoms with Crippen LogP contribution < -0.4 is 59.7 Å². The first-order valence-corrected chi connectivity index (χ1v) is 46.3. The van der Waals surface area contributed by atoms with Gasteiger partial charge >= 0.3 is 0 Å². The van der Waals surface area contributed by atoms with Crippen LogP contribution in [0.4, 0.5) is 34.2 Å². The van der Waals surface area contributed by atoms with Crippen LogP contribution in [-0.2, 0) is 7.05 Å². The van der Waals surface area contributed by atoms with E-state index in [1.54, 1.807) is 23.7 Å². The minimum Gasteiger partial charge on any atom is -0.382 e. The molecule has 0 radical (unpaired) electrons. The third-order valence-corrected chi connectivity index (χ3v) is 29.1. The SMILES string of the molecule is Cc1cnc(NC2CCCC(Sc3ccc4c(=O)[nH][nH]c4c3)C2)s1.Cn1cnc(NC2CCCC(Sc3ccc4c(=O)[nH][nH]c4c3)C2)c1.O=c1[nH][nH]c2cc(NC3CCC(Nc4nccnn4)C3)ccc12.O=c1[nH][nH]c2cc(SC3CCCC(Nc4cc(C5CC5)[nH]n4)C3)ccc12.O=c1[nH][nH]c2cc(SC3CCCC(Nc4ccccn4)C3)ccc12. The lowest BCUT2D eigenvalue weighted by Gasteiger charge is -2.29. The van der Waals surface area contributed by atoms with Gasteiger partial charge in [0, 0.05) is 131 Å². The van der Waals surface area contributed by atoms with Crippen LogP contribution in [0.25, 0.3) is 54.5 Å². The number of nitrogens with zero attached hydrogens (tertiary/aromatic N) is 8. The van der Waals surface area contributed by atoms with Crippen LogP contribution in [0.15, 0.2) is 196 Å². The van der Waals surface area contributed by atoms with Crippen molar-refractivity contribution >= 4 is 147 Å². The highest BCUT2D eigenvalue weighted by Crippen LogP contribution is 2.43. The van der Waals surface area contributed by atoms with Crippen molar-refractivity contribution in [3.63, 3.8) is 0 Å². The molecule has 121 heavy (non-hydrogen) atoms. The van der Waals surface area contributed by atoms with E-state index in [9.17, 15) is 24.0 Å². The fraction of sp³-hybridized carbons (Fsp3) is 0.395. The second-order valence-electron chi connectivity index (χ2n) is 32.3. The highest BCUT2D eigenvalue weighted by atomic mass is 32.2. The van der Waals surface area contributed by atoms with E-state index in [1.807, 2.05) is 156 Å². The number of benzene rings is 5. The molecule has 10 aromatic heterocycles. The Morgan fingerprint density at radius 2 is 0.843 bits per heavy atom. The molecule has 6 aliphatic rings. The Labute approximate surface area is 716 Å². The van der Waals surface area contributed by atoms with Crippen molar-refractivity contribution in [3.8, 4) is 0 Å². The Hall–Kier alpha value is -11.1. The van der Waals surface area contributed by atoms with Gasteiger partial charge in [0.2, 0.25) is 5.95 Å². The third-order valence-electron chi connectivity index (χ3n) is 23.1. The fourth-order valence-corrected chi connectivity index (χ4v) is 23.0. The van der Waals surface area contributed by atoms with Crippen LogP contribution in [-0.4, -0.2) is 153 Å². The number of rotatable bonds is 21. The Kier molecular flexibility index (Phi) is 26.3. The molecule has 6 saturated carbocycles. The molecular formula is C86H101N25O5S5. The lowest BCUT2D eigenvalue weighted by atomic mass is 9.95. The van der Waals surface area contributed by atoms with Crippen LogP contribution in [0.1, 0.15) is 151 Å². The zero-order chi connectivity index (χ0) is 82.5. The Morgan fingerprint density at radius 3 is 1.27 bits per heavy atom. The number of fused-ring (bicyclic) bond motifs is 5. The number of hydrogen-bond acceptors (Lipinski definition) is 23. The summed E-state index contributed by atoms with van der Waals surface area (Å²) in [5.41, 5.74) is 6.32. The molecule has 15 aromatic rings. The number of aromatic nitrogens is 19. The number of H-pyrrole nitrogens is 11. The number of nitrogens with one attached hydrogen (secondary N) is 17. The average molecular weight is 1730 g/mol. The van der Waals surface area contributed by atoms with Gasteiger partial charge in [-0.1, -0.05) is 31.7 Å². The number of pyridine rings is 1. The summed E-state index contributed by atoms with van der Waals surface area (Å²) in [6.07, 6.45) is 35.7. The smallest absolute Gasteiger partial charge is 0.271 e. The normalized spacial score (nSPS) is 21.5. The van der Waals surface area contributed by atoms with Crippen LogP contribution >= 0.6 is 58.4 Å². The number of hydrogen-bond donors (Lipinski definition) is 17. The summed E-state index contributed by atoms with van der Waals surface area (Å²) in [6, 6.07) is 40.6. The van der Waals surface area contributed by atoms with Crippen molar-refractivity contribution < 1.29 is 0 Å². The van der Waals surface area contributed by atoms with Crippen LogP contribution in [0.2, 0.25) is 0 Å². The molecule has 0 amide bonds. The summed E-state index contributed by atoms with van der Waals surface area (Å²) in [5.74, 6) is 4.19. The lowest BCUT2D eigenvalue weighted by molar-refractivity contribution is 0.472. The van der Waals surface area contributed by atoms with Gasteiger partial charge in [-0.3, -0.25) is 80.1 Å². The number of anilines is 6. The predicted octanol–water partition coefficient (Wildman–Crippen LogP) is 16.5. The van der Waals surface area contributed by atoms with Crippen molar-refractivity contribution in [3.05, 3.63) is 215 Å². The second-order valence-corrected chi connectivity index (χ2v) is 39.1. The summed E-state index contributed by atoms with van der Waals surface area (Å²) in [5, 5.41) is 71.3. The predicted molar refractivity (Wildman–Crippen MR) is 490 cm³/mol. The van der Waals surface area contributed by atoms with Crippen molar-refractivity contribution in [2.24, 2.45) is 7.05 Å². The van der Waals surface area contributed by atoms with Crippen molar-refractivity contribution in [1.82, 2.24) is 95.9 Å². The molecule has 17 N–H and O–H groups in total. The monoisotopic (exact) mass is 1720 g/mol. The molecule has 10 heterocycles. The van der Waals surface area contributed by atoms with E-state index >= 15 is 0 Å². The largest absolute Gasteiger partial charge is 0.382 e. The van der Waals surface area contributed by atoms with Crippen LogP contribution in [0.3, 0.4) is 0 Å². The Bertz CT molecular complexity index is 6080. The Balaban J connectivity index is 0.000000108. The van der Waals surface area contributed by atoms with Crippen molar-refractivity contribution in [2.75, 3.05) is 31.9 Å². The zero-order valence-electron chi connectivity index (χ0n) is 67.3. The molecule has 0 spiro atoms. The molecule has 6 fully saturated rings. The summed E-state index contributed by atoms with van der Waals surface area (Å²) < 4.78 is 1.96. The molecule has 5 aromatic carbocycles. The van der Waals surface area contributed by atoms with Gasteiger partial charge in [-0.15, -0.1) is 63.5 Å². The van der Waals surface area contributed by atoms with Gasteiger partial charge in [0.15, 0.2) is 5.13 Å². The van der Waals surface area contributed by atoms with Gasteiger partial charge in [-0.05, 0) is 219 Å². The van der Waals surface area contributed by atoms with Crippen LogP contribution in [0, 0.1) is 6.92 Å². The van der Waals surface area contributed by atoms with E-state index in [-0.39, 0.29) is 27.8 Å². The van der Waals surface area contributed by atoms with Gasteiger partial charge in [0.1, 0.15) is 17.5 Å². The van der Waals surface area contributed by atoms with E-state index in [2.05, 4.69) is 173 Å². The second kappa shape index (κ2) is 38.7. The highest BCUT2D eigenvalue weighted by molar-refractivity contribution is 8.00. The van der Waals surface area contributed by atoms with E-state index < -0.39 is 0 Å². The van der Waals surface area contributed by atoms with E-state index in [0.717, 1.165) is 122 Å². The number of thiazole rings is 1. The van der Waals surface area contributed by atoms with Gasteiger partial charge < -0.3 is 36.5 Å². The van der Waals surface area contributed by atoms with Crippen molar-refractivity contribution in [1.29, 1.82) is 0 Å². The molecule has 30 nitrogen and oxygen atoms in total. The lowest BCUT2D eigenvalue weighted by Crippen LogP contribution is -2.28. The molecule has 6 aliphatic carbocycles. The molecule has 630 valence electrons. The summed E-state index contributed by atoms with van der Waals surface area (Å²) in [6.45, 7) is 2.09. The molecule has 0 bridgehead atoms. The first-order chi connectivity index (χ1) is 59.1. The molecule has 21 rings (SSSR count). The van der Waals surface area contributed by atoms with Gasteiger partial charge in [-0.25, -0.2) is 19.9 Å². The van der Waals surface area contributed by atoms with Gasteiger partial charge in [-0.2, -0.15) is 10.2 Å². The summed E-state index contributed by atoms with van der Waals surface area (Å²) in [4.78, 5) is 81.3. The minimum absolute atomic E-state index is 0.0527. The molecule has 35 heteroatoms. The maximum Gasteiger partial charge on any atom is 0.271 e. The molecule has 0 saturated heterocycles. The minimum atomic E-state index is -0.0897. The maximum absolute atomic E-state index is 11.6. The number of aryl methyl sites for hydroxylation is 2. The summed E-state index contributed by atoms with van der Waals surface area (Å²) in [7, 11) is 1.99. The highest BCUT2D eigenvalue weighted by Gasteiger charge is 2.31. The zero-order valence-corrected chi connectivity index (χ0v) is 71.4. The molecule has 0 aliphatic heterocycles. The quantitative estimate of drug-likeness (QED) is 0.0318. The summed E-state index contributed by atoms with van der Waals surface area (Å²) >= 11 is 9.37. The fourth-order valence-electron chi connectivity index (χ4n) is 16.9. The standard InChI is InChI=1S/C19H23N5OS.C18H20N4OS.C17H21N5OS.C17H20N4OS2.C15H17N7O/c25-19-15-7-6-14(9-17(15)22-24-19)26-13-3-1-2-12(8-13)20-18-10-16(21-23-18)11-4-5-11;23-18-15-8-7-14(11-16(15)21-22-18)24-13-5-3-4-12(10-13)20-17-6-1-2-9-19-17;1-22-9-16(18-10-22)19-11-3-2-4-12(7-11)24-13-5-6-14-15(8-13)20-21-17(14)23;1-10-9-18-17(23-10)19-11-3-2-4-12(7-11)24-13-5-6-14-15(8-13)20-21-16(14)22;23-14-12-4-3-11(8-13(12)20-21-14)18-9-1-2-10(7-9)19-15-16-5-6-17-22-15/h6-7,9-13H,1-5,8H2,(H2,20,21,23)(H2,22,24,25);1-2,6-9,11-13H,3-5,10H2,(H,19,20)(H2,21,22,23);5-6,8-12,19H,2-4,7H2,1H3,(H2,20,21,23);5-6,8-9,11-12H,2-4,7H2,1H3,(H,18,19)(H2,20,21,22);3-6,8-10,18H,1-2,7H2,(H,16,19,22)(H2,20,21,23). The number of imidazole rings is 1. The van der Waals surface area contributed by atoms with E-state index in [4.69, 9.17) is 0 Å². The van der Waals surface area contributed by atoms with Gasteiger partial charge in [0.05, 0.1) is 73.2 Å². The Morgan fingerprint density at radius 1 is 0.397 bits per heavy atom. The first kappa shape index (κ1) is 82.2. The third kappa shape index (κ3) is 22.0. The number of thioether (sulfide) groups is 4. The van der Waals surface area contributed by atoms with Crippen molar-refractivity contribution in [2.45, 2.75) is 225 Å². The van der Waals surface area contributed by atoms with Crippen LogP contribution in [0.5, 0.6) is 0 Å². The molecule has 10 atom stereocenters. The maximum atomic E-state index is 11.6. The number of aromatic amines is 11.